The van der Waals surface area contributed by atoms with E-state index in [0.717, 1.165) is 25.2 Å². The van der Waals surface area contributed by atoms with Crippen LogP contribution in [0.4, 0.5) is 5.69 Å². The Morgan fingerprint density at radius 2 is 1.96 bits per heavy atom. The topological polar surface area (TPSA) is 79.3 Å². The molecule has 2 aliphatic heterocycles. The number of benzene rings is 1. The highest BCUT2D eigenvalue weighted by Gasteiger charge is 2.44. The molecule has 1 aromatic carbocycles. The fourth-order valence-corrected chi connectivity index (χ4v) is 4.09. The molecule has 7 nitrogen and oxygen atoms in total. The molecule has 4 rings (SSSR count). The molecule has 7 heteroatoms. The lowest BCUT2D eigenvalue weighted by molar-refractivity contribution is -0.136. The number of amides is 2. The number of para-hydroxylation sites is 1. The first-order valence-corrected chi connectivity index (χ1v) is 9.59. The second-order valence-corrected chi connectivity index (χ2v) is 7.23. The highest BCUT2D eigenvalue weighted by atomic mass is 16.2. The SMILES string of the molecule is O=C1C(NC(=O)C2(n3cccn3)CCNCC2)CCCN1c1ccccc1. The smallest absolute Gasteiger partial charge is 0.249 e. The summed E-state index contributed by atoms with van der Waals surface area (Å²) < 4.78 is 1.76. The number of nitrogens with one attached hydrogen (secondary N) is 2. The molecule has 2 aliphatic rings. The first-order valence-electron chi connectivity index (χ1n) is 9.59. The molecular formula is C20H25N5O2. The van der Waals surface area contributed by atoms with Gasteiger partial charge in [-0.1, -0.05) is 18.2 Å². The molecule has 27 heavy (non-hydrogen) atoms. The van der Waals surface area contributed by atoms with E-state index in [0.29, 0.717) is 25.8 Å². The van der Waals surface area contributed by atoms with Crippen molar-refractivity contribution in [3.63, 3.8) is 0 Å². The van der Waals surface area contributed by atoms with E-state index in [-0.39, 0.29) is 11.8 Å². The van der Waals surface area contributed by atoms with Crippen LogP contribution in [0.1, 0.15) is 25.7 Å². The summed E-state index contributed by atoms with van der Waals surface area (Å²) in [5.74, 6) is -0.147. The number of carbonyl (C=O) groups excluding carboxylic acids is 2. The number of hydrogen-bond acceptors (Lipinski definition) is 4. The maximum atomic E-state index is 13.3. The van der Waals surface area contributed by atoms with Gasteiger partial charge in [-0.05, 0) is 57.0 Å². The van der Waals surface area contributed by atoms with Crippen molar-refractivity contribution in [3.05, 3.63) is 48.8 Å². The fourth-order valence-electron chi connectivity index (χ4n) is 4.09. The van der Waals surface area contributed by atoms with Gasteiger partial charge >= 0.3 is 0 Å². The number of anilines is 1. The van der Waals surface area contributed by atoms with Crippen LogP contribution in [0.25, 0.3) is 0 Å². The van der Waals surface area contributed by atoms with Gasteiger partial charge in [-0.2, -0.15) is 5.10 Å². The molecule has 2 amide bonds. The molecule has 0 bridgehead atoms. The molecule has 0 saturated carbocycles. The number of carbonyl (C=O) groups is 2. The summed E-state index contributed by atoms with van der Waals surface area (Å²) in [5, 5.41) is 10.7. The van der Waals surface area contributed by atoms with Gasteiger partial charge in [0.05, 0.1) is 0 Å². The van der Waals surface area contributed by atoms with Gasteiger partial charge < -0.3 is 15.5 Å². The zero-order chi connectivity index (χ0) is 18.7. The van der Waals surface area contributed by atoms with E-state index in [4.69, 9.17) is 0 Å². The van der Waals surface area contributed by atoms with Crippen molar-refractivity contribution >= 4 is 17.5 Å². The van der Waals surface area contributed by atoms with Gasteiger partial charge in [-0.3, -0.25) is 14.3 Å². The van der Waals surface area contributed by atoms with Crippen LogP contribution in [-0.2, 0) is 15.1 Å². The highest BCUT2D eigenvalue weighted by Crippen LogP contribution is 2.28. The monoisotopic (exact) mass is 367 g/mol. The third-order valence-electron chi connectivity index (χ3n) is 5.61. The summed E-state index contributed by atoms with van der Waals surface area (Å²) in [6, 6.07) is 11.0. The minimum Gasteiger partial charge on any atom is -0.342 e. The molecule has 2 saturated heterocycles. The third-order valence-corrected chi connectivity index (χ3v) is 5.61. The van der Waals surface area contributed by atoms with E-state index in [9.17, 15) is 9.59 Å². The minimum atomic E-state index is -0.732. The van der Waals surface area contributed by atoms with Crippen LogP contribution < -0.4 is 15.5 Å². The average molecular weight is 367 g/mol. The normalized spacial score (nSPS) is 22.4. The molecule has 0 spiro atoms. The Morgan fingerprint density at radius 1 is 1.19 bits per heavy atom. The molecule has 2 N–H and O–H groups in total. The number of hydrogen-bond donors (Lipinski definition) is 2. The van der Waals surface area contributed by atoms with Gasteiger partial charge in [-0.25, -0.2) is 0 Å². The Balaban J connectivity index is 1.53. The molecule has 1 unspecified atom stereocenters. The van der Waals surface area contributed by atoms with Crippen LogP contribution in [-0.4, -0.2) is 47.3 Å². The van der Waals surface area contributed by atoms with Crippen LogP contribution in [0.5, 0.6) is 0 Å². The van der Waals surface area contributed by atoms with E-state index in [1.807, 2.05) is 42.6 Å². The summed E-state index contributed by atoms with van der Waals surface area (Å²) in [6.07, 6.45) is 6.38. The van der Waals surface area contributed by atoms with Crippen LogP contribution in [0, 0.1) is 0 Å². The Kier molecular flexibility index (Phi) is 4.94. The lowest BCUT2D eigenvalue weighted by Gasteiger charge is -2.39. The number of aromatic nitrogens is 2. The standard InChI is InChI=1S/C20H25N5O2/c26-18-17(8-4-14-24(18)16-6-2-1-3-7-16)23-19(27)20(9-12-21-13-10-20)25-15-5-11-22-25/h1-3,5-7,11,15,17,21H,4,8-10,12-14H2,(H,23,27). The Bertz CT molecular complexity index is 784. The summed E-state index contributed by atoms with van der Waals surface area (Å²) in [5.41, 5.74) is 0.148. The molecule has 2 fully saturated rings. The lowest BCUT2D eigenvalue weighted by atomic mass is 9.86. The lowest BCUT2D eigenvalue weighted by Crippen LogP contribution is -2.60. The summed E-state index contributed by atoms with van der Waals surface area (Å²) >= 11 is 0. The van der Waals surface area contributed by atoms with Gasteiger partial charge in [0, 0.05) is 24.6 Å². The van der Waals surface area contributed by atoms with Gasteiger partial charge in [0.2, 0.25) is 11.8 Å². The average Bonchev–Trinajstić information content (AvgIpc) is 3.26. The molecule has 142 valence electrons. The predicted octanol–water partition coefficient (Wildman–Crippen LogP) is 1.27. The molecule has 0 aliphatic carbocycles. The van der Waals surface area contributed by atoms with Gasteiger partial charge in [0.1, 0.15) is 11.6 Å². The Hall–Kier alpha value is -2.67. The van der Waals surface area contributed by atoms with Crippen molar-refractivity contribution in [1.29, 1.82) is 0 Å². The third kappa shape index (κ3) is 3.35. The van der Waals surface area contributed by atoms with Crippen molar-refractivity contribution in [1.82, 2.24) is 20.4 Å². The van der Waals surface area contributed by atoms with Crippen LogP contribution in [0.2, 0.25) is 0 Å². The maximum Gasteiger partial charge on any atom is 0.249 e. The minimum absolute atomic E-state index is 0.0367. The van der Waals surface area contributed by atoms with Gasteiger partial charge in [0.15, 0.2) is 0 Å². The predicted molar refractivity (Wildman–Crippen MR) is 102 cm³/mol. The van der Waals surface area contributed by atoms with E-state index in [1.54, 1.807) is 15.8 Å². The molecule has 3 heterocycles. The van der Waals surface area contributed by atoms with Crippen molar-refractivity contribution in [2.75, 3.05) is 24.5 Å². The van der Waals surface area contributed by atoms with Crippen molar-refractivity contribution in [3.8, 4) is 0 Å². The number of rotatable bonds is 4. The quantitative estimate of drug-likeness (QED) is 0.853. The molecule has 0 radical (unpaired) electrons. The summed E-state index contributed by atoms with van der Waals surface area (Å²) in [7, 11) is 0. The molecule has 1 atom stereocenters. The Morgan fingerprint density at radius 3 is 2.67 bits per heavy atom. The van der Waals surface area contributed by atoms with Gasteiger partial charge in [0.25, 0.3) is 0 Å². The second-order valence-electron chi connectivity index (χ2n) is 7.23. The van der Waals surface area contributed by atoms with E-state index in [2.05, 4.69) is 15.7 Å². The second kappa shape index (κ2) is 7.52. The fraction of sp³-hybridized carbons (Fsp3) is 0.450. The van der Waals surface area contributed by atoms with E-state index >= 15 is 0 Å². The van der Waals surface area contributed by atoms with Crippen molar-refractivity contribution < 1.29 is 9.59 Å². The van der Waals surface area contributed by atoms with Crippen LogP contribution in [0.15, 0.2) is 48.8 Å². The molecular weight excluding hydrogens is 342 g/mol. The first-order chi connectivity index (χ1) is 13.2. The van der Waals surface area contributed by atoms with E-state index < -0.39 is 11.6 Å². The van der Waals surface area contributed by atoms with Gasteiger partial charge in [-0.15, -0.1) is 0 Å². The largest absolute Gasteiger partial charge is 0.342 e. The summed E-state index contributed by atoms with van der Waals surface area (Å²) in [4.78, 5) is 28.1. The van der Waals surface area contributed by atoms with Crippen molar-refractivity contribution in [2.24, 2.45) is 0 Å². The van der Waals surface area contributed by atoms with Crippen LogP contribution >= 0.6 is 0 Å². The molecule has 1 aromatic heterocycles. The zero-order valence-corrected chi connectivity index (χ0v) is 15.3. The molecule has 2 aromatic rings. The zero-order valence-electron chi connectivity index (χ0n) is 15.3. The highest BCUT2D eigenvalue weighted by molar-refractivity contribution is 6.00. The van der Waals surface area contributed by atoms with E-state index in [1.165, 1.54) is 0 Å². The maximum absolute atomic E-state index is 13.3. The summed E-state index contributed by atoms with van der Waals surface area (Å²) in [6.45, 7) is 2.19. The number of nitrogens with zero attached hydrogens (tertiary/aromatic N) is 3. The van der Waals surface area contributed by atoms with Crippen molar-refractivity contribution in [2.45, 2.75) is 37.3 Å². The number of piperidine rings is 2. The van der Waals surface area contributed by atoms with Crippen LogP contribution in [0.3, 0.4) is 0 Å². The first kappa shape index (κ1) is 17.7. The Labute approximate surface area is 158 Å².